The van der Waals surface area contributed by atoms with Crippen molar-refractivity contribution in [1.82, 2.24) is 5.32 Å². The predicted octanol–water partition coefficient (Wildman–Crippen LogP) is 1.14. The molecule has 0 bridgehead atoms. The fourth-order valence-electron chi connectivity index (χ4n) is 2.54. The molecule has 1 fully saturated rings. The van der Waals surface area contributed by atoms with Gasteiger partial charge in [0.05, 0.1) is 20.8 Å². The van der Waals surface area contributed by atoms with Gasteiger partial charge in [-0.1, -0.05) is 12.1 Å². The number of para-hydroxylation sites is 1. The van der Waals surface area contributed by atoms with Crippen LogP contribution >= 0.6 is 0 Å². The van der Waals surface area contributed by atoms with Crippen LogP contribution in [0, 0.1) is 0 Å². The summed E-state index contributed by atoms with van der Waals surface area (Å²) in [4.78, 5) is 0. The van der Waals surface area contributed by atoms with E-state index < -0.39 is 0 Å². The third kappa shape index (κ3) is 2.23. The first kappa shape index (κ1) is 12.2. The zero-order valence-electron chi connectivity index (χ0n) is 10.3. The molecule has 1 saturated heterocycles. The Morgan fingerprint density at radius 2 is 2.18 bits per heavy atom. The summed E-state index contributed by atoms with van der Waals surface area (Å²) >= 11 is 0. The second kappa shape index (κ2) is 5.38. The average molecular weight is 237 g/mol. The molecule has 1 heterocycles. The number of rotatable bonds is 4. The van der Waals surface area contributed by atoms with Gasteiger partial charge in [0, 0.05) is 17.5 Å². The Kier molecular flexibility index (Phi) is 3.86. The van der Waals surface area contributed by atoms with Crippen molar-refractivity contribution in [3.8, 4) is 11.5 Å². The Balaban J connectivity index is 2.37. The van der Waals surface area contributed by atoms with Crippen molar-refractivity contribution in [1.29, 1.82) is 0 Å². The van der Waals surface area contributed by atoms with E-state index in [-0.39, 0.29) is 18.6 Å². The molecular formula is C13H19NO3. The molecule has 0 amide bonds. The lowest BCUT2D eigenvalue weighted by Crippen LogP contribution is -2.29. The lowest BCUT2D eigenvalue weighted by molar-refractivity contribution is 0.243. The van der Waals surface area contributed by atoms with Crippen LogP contribution in [0.15, 0.2) is 18.2 Å². The minimum atomic E-state index is 0.107. The van der Waals surface area contributed by atoms with Crippen LogP contribution in [0.3, 0.4) is 0 Å². The number of hydrogen-bond donors (Lipinski definition) is 2. The van der Waals surface area contributed by atoms with Gasteiger partial charge in [-0.3, -0.25) is 0 Å². The molecule has 0 radical (unpaired) electrons. The summed E-state index contributed by atoms with van der Waals surface area (Å²) in [5.74, 6) is 1.81. The molecule has 4 heteroatoms. The summed E-state index contributed by atoms with van der Waals surface area (Å²) in [5.41, 5.74) is 1.11. The highest BCUT2D eigenvalue weighted by molar-refractivity contribution is 5.49. The molecule has 0 unspecified atom stereocenters. The first-order valence-electron chi connectivity index (χ1n) is 5.87. The zero-order chi connectivity index (χ0) is 12.3. The van der Waals surface area contributed by atoms with E-state index in [1.807, 2.05) is 18.2 Å². The van der Waals surface area contributed by atoms with E-state index in [1.54, 1.807) is 14.2 Å². The number of benzene rings is 1. The molecule has 2 N–H and O–H groups in total. The van der Waals surface area contributed by atoms with Gasteiger partial charge in [-0.2, -0.15) is 0 Å². The van der Waals surface area contributed by atoms with E-state index in [9.17, 15) is 5.11 Å². The fraction of sp³-hybridized carbons (Fsp3) is 0.538. The number of ether oxygens (including phenoxy) is 2. The molecule has 1 aromatic rings. The van der Waals surface area contributed by atoms with Crippen LogP contribution in [0.4, 0.5) is 0 Å². The van der Waals surface area contributed by atoms with E-state index in [2.05, 4.69) is 5.32 Å². The number of nitrogens with one attached hydrogen (secondary N) is 1. The van der Waals surface area contributed by atoms with Crippen molar-refractivity contribution < 1.29 is 14.6 Å². The summed E-state index contributed by atoms with van der Waals surface area (Å²) in [7, 11) is 3.29. The molecule has 1 aliphatic heterocycles. The minimum absolute atomic E-state index is 0.107. The van der Waals surface area contributed by atoms with E-state index >= 15 is 0 Å². The molecule has 17 heavy (non-hydrogen) atoms. The molecule has 0 spiro atoms. The number of methoxy groups -OCH3 is 2. The monoisotopic (exact) mass is 237 g/mol. The van der Waals surface area contributed by atoms with E-state index in [0.717, 1.165) is 30.0 Å². The van der Waals surface area contributed by atoms with Gasteiger partial charge in [0.25, 0.3) is 0 Å². The minimum Gasteiger partial charge on any atom is -0.493 e. The Labute approximate surface area is 102 Å². The average Bonchev–Trinajstić information content (AvgIpc) is 2.85. The molecule has 2 rings (SSSR count). The largest absolute Gasteiger partial charge is 0.493 e. The van der Waals surface area contributed by atoms with Gasteiger partial charge in [0.2, 0.25) is 0 Å². The standard InChI is InChI=1S/C13H19NO3/c1-16-12-5-3-4-10(13(12)17-2)9-6-7-14-11(9)8-15/h3-5,9,11,14-15H,6-8H2,1-2H3/t9-,11-/m0/s1. The van der Waals surface area contributed by atoms with Crippen LogP contribution < -0.4 is 14.8 Å². The molecule has 0 aliphatic carbocycles. The number of aliphatic hydroxyl groups excluding tert-OH is 1. The van der Waals surface area contributed by atoms with Crippen molar-refractivity contribution in [2.45, 2.75) is 18.4 Å². The van der Waals surface area contributed by atoms with Gasteiger partial charge in [-0.15, -0.1) is 0 Å². The van der Waals surface area contributed by atoms with E-state index in [4.69, 9.17) is 9.47 Å². The lowest BCUT2D eigenvalue weighted by atomic mass is 9.91. The Bertz CT molecular complexity index is 381. The van der Waals surface area contributed by atoms with Crippen LogP contribution in [0.5, 0.6) is 11.5 Å². The van der Waals surface area contributed by atoms with Crippen molar-refractivity contribution in [3.63, 3.8) is 0 Å². The maximum atomic E-state index is 9.35. The normalized spacial score (nSPS) is 23.7. The van der Waals surface area contributed by atoms with Crippen LogP contribution in [-0.2, 0) is 0 Å². The maximum Gasteiger partial charge on any atom is 0.164 e. The smallest absolute Gasteiger partial charge is 0.164 e. The summed E-state index contributed by atoms with van der Waals surface area (Å²) in [6.07, 6.45) is 1.01. The molecule has 1 aliphatic rings. The number of aliphatic hydroxyl groups is 1. The van der Waals surface area contributed by atoms with Gasteiger partial charge in [-0.25, -0.2) is 0 Å². The summed E-state index contributed by atoms with van der Waals surface area (Å²) in [6.45, 7) is 1.07. The third-order valence-corrected chi connectivity index (χ3v) is 3.38. The molecule has 1 aromatic carbocycles. The van der Waals surface area contributed by atoms with E-state index in [1.165, 1.54) is 0 Å². The second-order valence-electron chi connectivity index (χ2n) is 4.22. The summed E-state index contributed by atoms with van der Waals surface area (Å²) < 4.78 is 10.7. The van der Waals surface area contributed by atoms with Crippen molar-refractivity contribution in [3.05, 3.63) is 23.8 Å². The van der Waals surface area contributed by atoms with Crippen molar-refractivity contribution >= 4 is 0 Å². The topological polar surface area (TPSA) is 50.7 Å². The summed E-state index contributed by atoms with van der Waals surface area (Å²) in [5, 5.41) is 12.7. The van der Waals surface area contributed by atoms with Gasteiger partial charge >= 0.3 is 0 Å². The van der Waals surface area contributed by atoms with Crippen molar-refractivity contribution in [2.24, 2.45) is 0 Å². The maximum absolute atomic E-state index is 9.35. The van der Waals surface area contributed by atoms with Gasteiger partial charge in [-0.05, 0) is 19.0 Å². The van der Waals surface area contributed by atoms with Crippen molar-refractivity contribution in [2.75, 3.05) is 27.4 Å². The quantitative estimate of drug-likeness (QED) is 0.824. The van der Waals surface area contributed by atoms with E-state index in [0.29, 0.717) is 0 Å². The Morgan fingerprint density at radius 1 is 1.35 bits per heavy atom. The first-order valence-corrected chi connectivity index (χ1v) is 5.87. The predicted molar refractivity (Wildman–Crippen MR) is 65.8 cm³/mol. The Hall–Kier alpha value is -1.26. The Morgan fingerprint density at radius 3 is 2.82 bits per heavy atom. The highest BCUT2D eigenvalue weighted by Gasteiger charge is 2.30. The third-order valence-electron chi connectivity index (χ3n) is 3.38. The molecule has 94 valence electrons. The SMILES string of the molecule is COc1cccc([C@@H]2CCN[C@H]2CO)c1OC. The fourth-order valence-corrected chi connectivity index (χ4v) is 2.54. The van der Waals surface area contributed by atoms with Gasteiger partial charge < -0.3 is 19.9 Å². The van der Waals surface area contributed by atoms with Gasteiger partial charge in [0.15, 0.2) is 11.5 Å². The molecule has 0 aromatic heterocycles. The highest BCUT2D eigenvalue weighted by atomic mass is 16.5. The molecule has 4 nitrogen and oxygen atoms in total. The van der Waals surface area contributed by atoms with Gasteiger partial charge in [0.1, 0.15) is 0 Å². The van der Waals surface area contributed by atoms with Crippen LogP contribution in [0.25, 0.3) is 0 Å². The summed E-state index contributed by atoms with van der Waals surface area (Å²) in [6, 6.07) is 6.00. The van der Waals surface area contributed by atoms with Crippen LogP contribution in [0.1, 0.15) is 17.9 Å². The van der Waals surface area contributed by atoms with Crippen LogP contribution in [-0.4, -0.2) is 38.5 Å². The molecule has 0 saturated carbocycles. The zero-order valence-corrected chi connectivity index (χ0v) is 10.3. The second-order valence-corrected chi connectivity index (χ2v) is 4.22. The number of hydrogen-bond acceptors (Lipinski definition) is 4. The van der Waals surface area contributed by atoms with Crippen LogP contribution in [0.2, 0.25) is 0 Å². The molecular weight excluding hydrogens is 218 g/mol. The first-order chi connectivity index (χ1) is 8.31. The molecule has 2 atom stereocenters. The highest BCUT2D eigenvalue weighted by Crippen LogP contribution is 2.39. The lowest BCUT2D eigenvalue weighted by Gasteiger charge is -2.21.